The van der Waals surface area contributed by atoms with Gasteiger partial charge in [-0.15, -0.1) is 0 Å². The van der Waals surface area contributed by atoms with Crippen LogP contribution in [0.4, 0.5) is 0 Å². The Morgan fingerprint density at radius 3 is 1.42 bits per heavy atom. The molecule has 64 valence electrons. The molecule has 0 bridgehead atoms. The van der Waals surface area contributed by atoms with Crippen molar-refractivity contribution in [3.63, 3.8) is 0 Å². The molecule has 0 radical (unpaired) electrons. The Kier molecular flexibility index (Phi) is 25.6. The average Bonchev–Trinajstić information content (AvgIpc) is 1.61. The molecule has 0 spiro atoms. The summed E-state index contributed by atoms with van der Waals surface area (Å²) in [5.41, 5.74) is 4.67. The van der Waals surface area contributed by atoms with Crippen molar-refractivity contribution in [1.82, 2.24) is 0 Å². The summed E-state index contributed by atoms with van der Waals surface area (Å²) in [5.74, 6) is 0. The molecule has 0 saturated heterocycles. The van der Waals surface area contributed by atoms with Gasteiger partial charge in [-0.05, 0) is 0 Å². The van der Waals surface area contributed by atoms with Gasteiger partial charge >= 0.3 is 59.1 Å². The van der Waals surface area contributed by atoms with Gasteiger partial charge in [0.1, 0.15) is 0 Å². The van der Waals surface area contributed by atoms with Crippen LogP contribution in [0.15, 0.2) is 0 Å². The minimum Gasteiger partial charge on any atom is -0.790 e. The first kappa shape index (κ1) is 23.7. The molecule has 12 heavy (non-hydrogen) atoms. The number of hydrogen-bond acceptors (Lipinski definition) is 6. The van der Waals surface area contributed by atoms with E-state index in [9.17, 15) is 0 Å². The summed E-state index contributed by atoms with van der Waals surface area (Å²) in [5, 5.41) is 15.6. The maximum Gasteiger partial charge on any atom is 1.00 e. The van der Waals surface area contributed by atoms with Gasteiger partial charge in [0, 0.05) is 6.54 Å². The average molecular weight is 219 g/mol. The Morgan fingerprint density at radius 1 is 1.33 bits per heavy atom. The van der Waals surface area contributed by atoms with Crippen LogP contribution in [0.2, 0.25) is 0 Å². The molecule has 0 aliphatic rings. The normalized spacial score (nSPS) is 8.92. The van der Waals surface area contributed by atoms with E-state index in [1.165, 1.54) is 0 Å². The molecule has 0 aromatic heterocycles. The van der Waals surface area contributed by atoms with Crippen molar-refractivity contribution in [2.75, 3.05) is 6.54 Å². The van der Waals surface area contributed by atoms with Crippen LogP contribution in [0.5, 0.6) is 0 Å². The molecule has 5 N–H and O–H groups in total. The van der Waals surface area contributed by atoms with Crippen LogP contribution in [-0.2, 0) is 4.57 Å². The molecule has 0 aliphatic heterocycles. The second kappa shape index (κ2) is 13.0. The third kappa shape index (κ3) is 91.0. The summed E-state index contributed by atoms with van der Waals surface area (Å²) < 4.78 is 8.66. The van der Waals surface area contributed by atoms with E-state index in [1.807, 2.05) is 0 Å². The molecule has 10 heteroatoms. The summed E-state index contributed by atoms with van der Waals surface area (Å²) >= 11 is 0. The van der Waals surface area contributed by atoms with Gasteiger partial charge in [-0.25, -0.2) is 0 Å². The van der Waals surface area contributed by atoms with Crippen LogP contribution in [0, 0.1) is 0 Å². The van der Waals surface area contributed by atoms with Crippen LogP contribution in [0.3, 0.4) is 0 Å². The molecule has 0 fully saturated rings. The number of rotatable bonds is 1. The van der Waals surface area contributed by atoms with E-state index >= 15 is 0 Å². The molecular formula is C2H8NNa2O6P. The largest absolute Gasteiger partial charge is 1.00 e. The van der Waals surface area contributed by atoms with Crippen molar-refractivity contribution >= 4 is 7.82 Å². The Morgan fingerprint density at radius 2 is 1.42 bits per heavy atom. The van der Waals surface area contributed by atoms with Crippen LogP contribution < -0.4 is 74.6 Å². The number of phosphoric acid groups is 1. The van der Waals surface area contributed by atoms with Crippen LogP contribution >= 0.6 is 7.82 Å². The summed E-state index contributed by atoms with van der Waals surface area (Å²) in [6.07, 6.45) is -1.34. The Bertz CT molecular complexity index is 108. The second-order valence-electron chi connectivity index (χ2n) is 1.18. The number of aliphatic hydroxyl groups excluding tert-OH is 1. The molecule has 0 aliphatic carbocycles. The molecule has 0 rings (SSSR count). The zero-order chi connectivity index (χ0) is 8.78. The number of aliphatic hydroxyl groups is 2. The molecule has 0 aromatic rings. The van der Waals surface area contributed by atoms with E-state index in [1.54, 1.807) is 0 Å². The van der Waals surface area contributed by atoms with Gasteiger partial charge in [-0.2, -0.15) is 0 Å². The van der Waals surface area contributed by atoms with Gasteiger partial charge in [0.2, 0.25) is 0 Å². The zero-order valence-corrected chi connectivity index (χ0v) is 11.8. The Hall–Kier alpha value is 1.99. The predicted molar refractivity (Wildman–Crippen MR) is 27.1 cm³/mol. The van der Waals surface area contributed by atoms with E-state index in [0.717, 1.165) is 0 Å². The standard InChI is InChI=1S/C2H7NO2.2Na.H3O4P/c3-1-2(4)5;;;1-5(2,3)4/h2,4-5H,1,3H2;;;(H3,1,2,3,4)/q;2*+1;/p-2. The first-order chi connectivity index (χ1) is 4.27. The van der Waals surface area contributed by atoms with Crippen LogP contribution in [-0.4, -0.2) is 27.9 Å². The Balaban J connectivity index is -0.0000000457. The molecule has 0 saturated carbocycles. The van der Waals surface area contributed by atoms with E-state index in [2.05, 4.69) is 5.73 Å². The maximum atomic E-state index is 8.66. The quantitative estimate of drug-likeness (QED) is 0.194. The topological polar surface area (TPSA) is 150 Å². The fraction of sp³-hybridized carbons (Fsp3) is 1.00. The smallest absolute Gasteiger partial charge is 0.790 e. The monoisotopic (exact) mass is 219 g/mol. The number of nitrogens with two attached hydrogens (primary N) is 1. The maximum absolute atomic E-state index is 8.66. The van der Waals surface area contributed by atoms with Gasteiger partial charge in [0.15, 0.2) is 6.29 Å². The first-order valence-electron chi connectivity index (χ1n) is 2.08. The molecule has 0 unspecified atom stereocenters. The van der Waals surface area contributed by atoms with Crippen molar-refractivity contribution in [1.29, 1.82) is 0 Å². The molecule has 0 aromatic carbocycles. The van der Waals surface area contributed by atoms with Crippen molar-refractivity contribution in [2.45, 2.75) is 6.29 Å². The third-order valence-electron chi connectivity index (χ3n) is 0.211. The summed E-state index contributed by atoms with van der Waals surface area (Å²) in [6, 6.07) is 0. The van der Waals surface area contributed by atoms with Crippen molar-refractivity contribution in [3.8, 4) is 0 Å². The zero-order valence-electron chi connectivity index (χ0n) is 6.88. The van der Waals surface area contributed by atoms with Crippen molar-refractivity contribution < 1.29 is 88.6 Å². The molecule has 0 heterocycles. The van der Waals surface area contributed by atoms with Crippen molar-refractivity contribution in [3.05, 3.63) is 0 Å². The minimum absolute atomic E-state index is 0. The number of hydrogen-bond donors (Lipinski definition) is 4. The van der Waals surface area contributed by atoms with E-state index in [-0.39, 0.29) is 65.7 Å². The third-order valence-corrected chi connectivity index (χ3v) is 0.211. The summed E-state index contributed by atoms with van der Waals surface area (Å²) in [4.78, 5) is 24.3. The van der Waals surface area contributed by atoms with Crippen molar-refractivity contribution in [2.24, 2.45) is 5.73 Å². The fourth-order valence-electron chi connectivity index (χ4n) is 0. The van der Waals surface area contributed by atoms with E-state index in [0.29, 0.717) is 0 Å². The molecular weight excluding hydrogens is 211 g/mol. The molecule has 0 amide bonds. The predicted octanol–water partition coefficient (Wildman–Crippen LogP) is -9.93. The molecule has 0 atom stereocenters. The fourth-order valence-corrected chi connectivity index (χ4v) is 0. The van der Waals surface area contributed by atoms with E-state index in [4.69, 9.17) is 29.5 Å². The first-order valence-corrected chi connectivity index (χ1v) is 3.58. The molecule has 7 nitrogen and oxygen atoms in total. The van der Waals surface area contributed by atoms with Gasteiger partial charge in [0.05, 0.1) is 7.82 Å². The minimum atomic E-state index is -5.14. The summed E-state index contributed by atoms with van der Waals surface area (Å²) in [6.45, 7) is -0.0833. The van der Waals surface area contributed by atoms with Gasteiger partial charge in [0.25, 0.3) is 0 Å². The Labute approximate surface area is 114 Å². The van der Waals surface area contributed by atoms with E-state index < -0.39 is 14.1 Å². The van der Waals surface area contributed by atoms with Gasteiger partial charge in [-0.1, -0.05) is 0 Å². The summed E-state index contributed by atoms with van der Waals surface area (Å²) in [7, 11) is -5.14. The SMILES string of the molecule is NCC(O)O.O=P([O-])([O-])O.[Na+].[Na+]. The van der Waals surface area contributed by atoms with Crippen LogP contribution in [0.1, 0.15) is 0 Å². The second-order valence-corrected chi connectivity index (χ2v) is 2.12. The van der Waals surface area contributed by atoms with Crippen LogP contribution in [0.25, 0.3) is 0 Å². The van der Waals surface area contributed by atoms with Gasteiger partial charge < -0.3 is 35.2 Å². The van der Waals surface area contributed by atoms with Gasteiger partial charge in [-0.3, -0.25) is 0 Å².